The number of hydrogen-bond acceptors (Lipinski definition) is 6. The molecule has 9 heteroatoms. The second kappa shape index (κ2) is 7.61. The van der Waals surface area contributed by atoms with Crippen molar-refractivity contribution in [2.75, 3.05) is 12.4 Å². The van der Waals surface area contributed by atoms with E-state index in [0.717, 1.165) is 11.8 Å². The first-order valence-electron chi connectivity index (χ1n) is 7.48. The van der Waals surface area contributed by atoms with E-state index in [1.165, 1.54) is 0 Å². The first-order valence-corrected chi connectivity index (χ1v) is 8.29. The fourth-order valence-corrected chi connectivity index (χ4v) is 2.71. The van der Waals surface area contributed by atoms with Gasteiger partial charge in [0.05, 0.1) is 13.3 Å². The van der Waals surface area contributed by atoms with Crippen LogP contribution in [0.4, 0.5) is 18.3 Å². The number of alkyl halides is 3. The number of halogens is 3. The number of methoxy groups -OCH3 is 1. The summed E-state index contributed by atoms with van der Waals surface area (Å²) in [6.07, 6.45) is -1.98. The molecule has 1 aromatic carbocycles. The van der Waals surface area contributed by atoms with Crippen LogP contribution in [0.5, 0.6) is 17.4 Å². The smallest absolute Gasteiger partial charge is 0.427 e. The summed E-state index contributed by atoms with van der Waals surface area (Å²) in [7, 11) is 1.57. The van der Waals surface area contributed by atoms with E-state index in [2.05, 4.69) is 15.3 Å². The van der Waals surface area contributed by atoms with Gasteiger partial charge in [-0.1, -0.05) is 23.5 Å². The number of benzene rings is 1. The number of pyridine rings is 1. The molecular weight excluding hydrogens is 367 g/mol. The highest BCUT2D eigenvalue weighted by Crippen LogP contribution is 2.35. The number of aromatic nitrogens is 2. The number of rotatable bonds is 6. The van der Waals surface area contributed by atoms with Crippen molar-refractivity contribution in [3.05, 3.63) is 59.2 Å². The lowest BCUT2D eigenvalue weighted by molar-refractivity contribution is -0.134. The van der Waals surface area contributed by atoms with E-state index in [1.807, 2.05) is 0 Å². The van der Waals surface area contributed by atoms with E-state index >= 15 is 0 Å². The molecule has 3 rings (SSSR count). The molecule has 0 radical (unpaired) electrons. The molecule has 1 N–H and O–H groups in total. The predicted molar refractivity (Wildman–Crippen MR) is 91.7 cm³/mol. The monoisotopic (exact) mass is 381 g/mol. The Balaban J connectivity index is 1.58. The van der Waals surface area contributed by atoms with E-state index in [-0.39, 0.29) is 5.13 Å². The maximum absolute atomic E-state index is 12.5. The summed E-state index contributed by atoms with van der Waals surface area (Å²) in [6.45, 7) is 0.303. The van der Waals surface area contributed by atoms with Gasteiger partial charge in [0.25, 0.3) is 0 Å². The summed E-state index contributed by atoms with van der Waals surface area (Å²) in [4.78, 5) is 7.17. The summed E-state index contributed by atoms with van der Waals surface area (Å²) in [5.74, 6) is 1.66. The van der Waals surface area contributed by atoms with Crippen LogP contribution >= 0.6 is 11.3 Å². The maximum Gasteiger partial charge on any atom is 0.427 e. The van der Waals surface area contributed by atoms with Gasteiger partial charge in [0, 0.05) is 24.9 Å². The molecule has 0 atom stereocenters. The van der Waals surface area contributed by atoms with Crippen LogP contribution in [0.15, 0.2) is 48.8 Å². The zero-order valence-corrected chi connectivity index (χ0v) is 14.4. The molecule has 26 heavy (non-hydrogen) atoms. The number of thiazole rings is 1. The average molecular weight is 381 g/mol. The van der Waals surface area contributed by atoms with E-state index in [4.69, 9.17) is 9.47 Å². The molecule has 2 aromatic heterocycles. The highest BCUT2D eigenvalue weighted by Gasteiger charge is 2.33. The molecule has 0 spiro atoms. The van der Waals surface area contributed by atoms with E-state index in [0.29, 0.717) is 35.3 Å². The van der Waals surface area contributed by atoms with Crippen LogP contribution in [0.1, 0.15) is 10.4 Å². The van der Waals surface area contributed by atoms with Crippen molar-refractivity contribution < 1.29 is 22.6 Å². The third kappa shape index (κ3) is 4.63. The van der Waals surface area contributed by atoms with Gasteiger partial charge in [0.15, 0.2) is 5.13 Å². The first kappa shape index (κ1) is 18.0. The molecule has 0 aliphatic carbocycles. The Morgan fingerprint density at radius 1 is 1.08 bits per heavy atom. The maximum atomic E-state index is 12.5. The van der Waals surface area contributed by atoms with Crippen LogP contribution in [0, 0.1) is 0 Å². The zero-order chi connectivity index (χ0) is 18.6. The zero-order valence-electron chi connectivity index (χ0n) is 13.6. The topological polar surface area (TPSA) is 56.3 Å². The fraction of sp³-hybridized carbons (Fsp3) is 0.176. The van der Waals surface area contributed by atoms with Gasteiger partial charge in [0.1, 0.15) is 16.4 Å². The lowest BCUT2D eigenvalue weighted by Gasteiger charge is -2.07. The van der Waals surface area contributed by atoms with Gasteiger partial charge >= 0.3 is 6.18 Å². The largest absolute Gasteiger partial charge is 0.497 e. The van der Waals surface area contributed by atoms with Crippen molar-refractivity contribution in [1.82, 2.24) is 9.97 Å². The van der Waals surface area contributed by atoms with Gasteiger partial charge < -0.3 is 14.8 Å². The molecule has 136 valence electrons. The molecule has 5 nitrogen and oxygen atoms in total. The first-order chi connectivity index (χ1) is 12.4. The molecule has 0 saturated carbocycles. The molecule has 0 bridgehead atoms. The Kier molecular flexibility index (Phi) is 5.27. The van der Waals surface area contributed by atoms with Crippen molar-refractivity contribution >= 4 is 16.5 Å². The van der Waals surface area contributed by atoms with Gasteiger partial charge in [0.2, 0.25) is 5.88 Å². The normalized spacial score (nSPS) is 11.2. The quantitative estimate of drug-likeness (QED) is 0.653. The van der Waals surface area contributed by atoms with Crippen LogP contribution < -0.4 is 14.8 Å². The minimum absolute atomic E-state index is 0.203. The molecule has 3 aromatic rings. The minimum atomic E-state index is -4.38. The number of anilines is 1. The Bertz CT molecular complexity index is 866. The lowest BCUT2D eigenvalue weighted by Crippen LogP contribution is -2.01. The summed E-state index contributed by atoms with van der Waals surface area (Å²) in [5.41, 5.74) is 0.784. The number of ether oxygens (including phenoxy) is 2. The third-order valence-corrected chi connectivity index (χ3v) is 4.29. The number of nitrogens with zero attached hydrogens (tertiary/aromatic N) is 2. The van der Waals surface area contributed by atoms with Gasteiger partial charge in [-0.25, -0.2) is 9.97 Å². The van der Waals surface area contributed by atoms with Crippen LogP contribution in [0.25, 0.3) is 0 Å². The molecule has 0 aliphatic heterocycles. The van der Waals surface area contributed by atoms with Crippen LogP contribution in [-0.2, 0) is 12.7 Å². The summed E-state index contributed by atoms with van der Waals surface area (Å²) >= 11 is 0.563. The molecule has 2 heterocycles. The van der Waals surface area contributed by atoms with Crippen molar-refractivity contribution in [2.24, 2.45) is 0 Å². The van der Waals surface area contributed by atoms with E-state index in [1.54, 1.807) is 49.7 Å². The van der Waals surface area contributed by atoms with Gasteiger partial charge in [-0.15, -0.1) is 0 Å². The Morgan fingerprint density at radius 3 is 2.54 bits per heavy atom. The highest BCUT2D eigenvalue weighted by molar-refractivity contribution is 7.15. The van der Waals surface area contributed by atoms with Crippen LogP contribution in [0.3, 0.4) is 0 Å². The highest BCUT2D eigenvalue weighted by atomic mass is 32.1. The fourth-order valence-electron chi connectivity index (χ4n) is 2.03. The molecule has 0 fully saturated rings. The molecule has 0 amide bonds. The summed E-state index contributed by atoms with van der Waals surface area (Å²) < 4.78 is 48.4. The Hall–Kier alpha value is -2.81. The molecule has 0 unspecified atom stereocenters. The van der Waals surface area contributed by atoms with Crippen molar-refractivity contribution in [2.45, 2.75) is 12.7 Å². The van der Waals surface area contributed by atoms with Gasteiger partial charge in [-0.05, 0) is 17.7 Å². The van der Waals surface area contributed by atoms with E-state index in [9.17, 15) is 13.2 Å². The van der Waals surface area contributed by atoms with Crippen LogP contribution in [-0.4, -0.2) is 17.1 Å². The Morgan fingerprint density at radius 2 is 1.88 bits per heavy atom. The average Bonchev–Trinajstić information content (AvgIpc) is 3.11. The molecular formula is C17H14F3N3O2S. The van der Waals surface area contributed by atoms with Crippen molar-refractivity contribution in [1.29, 1.82) is 0 Å². The van der Waals surface area contributed by atoms with Gasteiger partial charge in [-0.3, -0.25) is 0 Å². The number of nitrogens with one attached hydrogen (secondary N) is 1. The lowest BCUT2D eigenvalue weighted by atomic mass is 10.3. The van der Waals surface area contributed by atoms with Crippen LogP contribution in [0.2, 0.25) is 0 Å². The predicted octanol–water partition coefficient (Wildman–Crippen LogP) is 4.97. The molecule has 0 aliphatic rings. The summed E-state index contributed by atoms with van der Waals surface area (Å²) in [6, 6.07) is 10.6. The SMILES string of the molecule is COc1cccc(Oc2ccc(CNc3ncc(C(F)(F)F)s3)cn2)c1. The second-order valence-electron chi connectivity index (χ2n) is 5.17. The Labute approximate surface area is 151 Å². The third-order valence-electron chi connectivity index (χ3n) is 3.29. The van der Waals surface area contributed by atoms with Crippen molar-refractivity contribution in [3.63, 3.8) is 0 Å². The van der Waals surface area contributed by atoms with E-state index < -0.39 is 11.1 Å². The number of hydrogen-bond donors (Lipinski definition) is 1. The van der Waals surface area contributed by atoms with Gasteiger partial charge in [-0.2, -0.15) is 13.2 Å². The summed E-state index contributed by atoms with van der Waals surface area (Å²) in [5, 5.41) is 3.05. The molecule has 0 saturated heterocycles. The van der Waals surface area contributed by atoms with Crippen molar-refractivity contribution in [3.8, 4) is 17.4 Å². The standard InChI is InChI=1S/C17H14F3N3O2S/c1-24-12-3-2-4-13(7-12)25-15-6-5-11(8-21-15)9-22-16-23-10-14(26-16)17(18,19)20/h2-8,10H,9H2,1H3,(H,22,23). The minimum Gasteiger partial charge on any atom is -0.497 e. The second-order valence-corrected chi connectivity index (χ2v) is 6.20.